The zero-order chi connectivity index (χ0) is 10.5. The first-order valence-electron chi connectivity index (χ1n) is 5.58. The third-order valence-electron chi connectivity index (χ3n) is 2.57. The van der Waals surface area contributed by atoms with Crippen LogP contribution in [0.4, 0.5) is 0 Å². The van der Waals surface area contributed by atoms with Crippen LogP contribution in [0.1, 0.15) is 60.3 Å². The third-order valence-corrected chi connectivity index (χ3v) is 2.57. The third kappa shape index (κ3) is 8.29. The Hall–Kier alpha value is -0.0400. The average molecular weight is 185 g/mol. The van der Waals surface area contributed by atoms with Gasteiger partial charge < -0.3 is 5.73 Å². The molecule has 0 amide bonds. The van der Waals surface area contributed by atoms with E-state index in [-0.39, 0.29) is 0 Å². The first-order chi connectivity index (χ1) is 5.83. The van der Waals surface area contributed by atoms with Crippen LogP contribution in [0.3, 0.4) is 0 Å². The van der Waals surface area contributed by atoms with Crippen LogP contribution in [0.2, 0.25) is 0 Å². The molecular weight excluding hydrogens is 158 g/mol. The summed E-state index contributed by atoms with van der Waals surface area (Å²) in [5.41, 5.74) is 6.45. The highest BCUT2D eigenvalue weighted by Gasteiger charge is 2.11. The zero-order valence-corrected chi connectivity index (χ0v) is 10.1. The Morgan fingerprint density at radius 1 is 1.08 bits per heavy atom. The number of hydrogen-bond donors (Lipinski definition) is 1. The molecule has 0 aliphatic heterocycles. The van der Waals surface area contributed by atoms with E-state index < -0.39 is 0 Å². The van der Waals surface area contributed by atoms with Gasteiger partial charge in [0.15, 0.2) is 0 Å². The summed E-state index contributed by atoms with van der Waals surface area (Å²) in [6.07, 6.45) is 5.12. The van der Waals surface area contributed by atoms with Crippen molar-refractivity contribution in [3.8, 4) is 0 Å². The van der Waals surface area contributed by atoms with Crippen LogP contribution in [-0.2, 0) is 0 Å². The highest BCUT2D eigenvalue weighted by molar-refractivity contribution is 4.67. The largest absolute Gasteiger partial charge is 0.327 e. The predicted octanol–water partition coefficient (Wildman–Crippen LogP) is 3.58. The van der Waals surface area contributed by atoms with Gasteiger partial charge in [-0.05, 0) is 24.2 Å². The summed E-state index contributed by atoms with van der Waals surface area (Å²) in [6, 6.07) is 0.403. The van der Waals surface area contributed by atoms with Gasteiger partial charge in [0.1, 0.15) is 0 Å². The topological polar surface area (TPSA) is 26.0 Å². The highest BCUT2D eigenvalue weighted by Crippen LogP contribution is 2.22. The van der Waals surface area contributed by atoms with Crippen molar-refractivity contribution in [1.82, 2.24) is 0 Å². The second-order valence-electron chi connectivity index (χ2n) is 5.71. The Kier molecular flexibility index (Phi) is 5.62. The van der Waals surface area contributed by atoms with Crippen molar-refractivity contribution < 1.29 is 0 Å². The summed E-state index contributed by atoms with van der Waals surface area (Å²) in [5.74, 6) is 0.634. The van der Waals surface area contributed by atoms with Crippen LogP contribution in [-0.4, -0.2) is 6.04 Å². The Morgan fingerprint density at radius 3 is 2.00 bits per heavy atom. The molecule has 0 aliphatic rings. The molecule has 0 aliphatic carbocycles. The molecule has 0 spiro atoms. The fourth-order valence-electron chi connectivity index (χ4n) is 1.37. The summed E-state index contributed by atoms with van der Waals surface area (Å²) in [7, 11) is 0. The van der Waals surface area contributed by atoms with Crippen molar-refractivity contribution in [3.63, 3.8) is 0 Å². The molecule has 0 rings (SSSR count). The van der Waals surface area contributed by atoms with Crippen LogP contribution >= 0.6 is 0 Å². The lowest BCUT2D eigenvalue weighted by atomic mass is 9.88. The molecule has 13 heavy (non-hydrogen) atoms. The molecule has 0 heterocycles. The van der Waals surface area contributed by atoms with Gasteiger partial charge in [-0.15, -0.1) is 0 Å². The number of rotatable bonds is 5. The molecule has 0 bridgehead atoms. The maximum atomic E-state index is 5.97. The minimum absolute atomic E-state index is 0.403. The number of hydrogen-bond acceptors (Lipinski definition) is 1. The van der Waals surface area contributed by atoms with E-state index in [9.17, 15) is 0 Å². The van der Waals surface area contributed by atoms with Crippen LogP contribution in [0.25, 0.3) is 0 Å². The fourth-order valence-corrected chi connectivity index (χ4v) is 1.37. The Bertz CT molecular complexity index is 122. The smallest absolute Gasteiger partial charge is 0.00618 e. The second kappa shape index (κ2) is 5.64. The quantitative estimate of drug-likeness (QED) is 0.651. The molecule has 0 saturated carbocycles. The van der Waals surface area contributed by atoms with Gasteiger partial charge in [-0.1, -0.05) is 47.5 Å². The van der Waals surface area contributed by atoms with Crippen molar-refractivity contribution >= 4 is 0 Å². The molecule has 2 N–H and O–H groups in total. The molecule has 0 aromatic rings. The molecule has 0 aromatic heterocycles. The van der Waals surface area contributed by atoms with Crippen LogP contribution in [0.15, 0.2) is 0 Å². The second-order valence-corrected chi connectivity index (χ2v) is 5.71. The molecule has 0 aromatic carbocycles. The van der Waals surface area contributed by atoms with Crippen LogP contribution in [0, 0.1) is 11.3 Å². The van der Waals surface area contributed by atoms with Gasteiger partial charge in [0, 0.05) is 6.04 Å². The summed E-state index contributed by atoms with van der Waals surface area (Å²) >= 11 is 0. The first kappa shape index (κ1) is 13.0. The summed E-state index contributed by atoms with van der Waals surface area (Å²) in [4.78, 5) is 0. The molecule has 80 valence electrons. The van der Waals surface area contributed by atoms with Gasteiger partial charge in [-0.2, -0.15) is 0 Å². The van der Waals surface area contributed by atoms with Crippen molar-refractivity contribution in [2.24, 2.45) is 17.1 Å². The van der Waals surface area contributed by atoms with Crippen LogP contribution in [0.5, 0.6) is 0 Å². The molecule has 1 atom stereocenters. The lowest BCUT2D eigenvalue weighted by Gasteiger charge is -2.19. The van der Waals surface area contributed by atoms with Crippen molar-refractivity contribution in [2.75, 3.05) is 0 Å². The van der Waals surface area contributed by atoms with E-state index in [1.54, 1.807) is 0 Å². The van der Waals surface area contributed by atoms with E-state index in [0.717, 1.165) is 0 Å². The van der Waals surface area contributed by atoms with Gasteiger partial charge in [0.25, 0.3) is 0 Å². The van der Waals surface area contributed by atoms with E-state index in [1.807, 2.05) is 0 Å². The predicted molar refractivity (Wildman–Crippen MR) is 60.7 cm³/mol. The molecule has 1 nitrogen and oxygen atoms in total. The van der Waals surface area contributed by atoms with E-state index in [0.29, 0.717) is 17.4 Å². The van der Waals surface area contributed by atoms with Gasteiger partial charge >= 0.3 is 0 Å². The van der Waals surface area contributed by atoms with Crippen molar-refractivity contribution in [1.29, 1.82) is 0 Å². The van der Waals surface area contributed by atoms with Gasteiger partial charge in [-0.3, -0.25) is 0 Å². The monoisotopic (exact) mass is 185 g/mol. The Balaban J connectivity index is 3.36. The van der Waals surface area contributed by atoms with Gasteiger partial charge in [0.05, 0.1) is 0 Å². The fraction of sp³-hybridized carbons (Fsp3) is 1.00. The molecule has 0 radical (unpaired) electrons. The summed E-state index contributed by atoms with van der Waals surface area (Å²) < 4.78 is 0. The standard InChI is InChI=1S/C12H27N/c1-10(2)11(13)8-6-7-9-12(3,4)5/h10-11H,6-9,13H2,1-5H3. The summed E-state index contributed by atoms with van der Waals surface area (Å²) in [5, 5.41) is 0. The number of unbranched alkanes of at least 4 members (excludes halogenated alkanes) is 1. The van der Waals surface area contributed by atoms with Crippen molar-refractivity contribution in [3.05, 3.63) is 0 Å². The normalized spacial score (nSPS) is 15.0. The Morgan fingerprint density at radius 2 is 1.62 bits per heavy atom. The van der Waals surface area contributed by atoms with E-state index in [1.165, 1.54) is 25.7 Å². The van der Waals surface area contributed by atoms with E-state index in [2.05, 4.69) is 34.6 Å². The number of nitrogens with two attached hydrogens (primary N) is 1. The maximum absolute atomic E-state index is 5.97. The Labute approximate surface area is 84.1 Å². The highest BCUT2D eigenvalue weighted by atomic mass is 14.6. The lowest BCUT2D eigenvalue weighted by Crippen LogP contribution is -2.26. The SMILES string of the molecule is CC(C)C(N)CCCCC(C)(C)C. The maximum Gasteiger partial charge on any atom is 0.00618 e. The molecule has 0 saturated heterocycles. The minimum atomic E-state index is 0.403. The average Bonchev–Trinajstić information content (AvgIpc) is 1.95. The van der Waals surface area contributed by atoms with E-state index in [4.69, 9.17) is 5.73 Å². The molecule has 1 heteroatoms. The van der Waals surface area contributed by atoms with Gasteiger partial charge in [0.2, 0.25) is 0 Å². The molecular formula is C12H27N. The van der Waals surface area contributed by atoms with Gasteiger partial charge in [-0.25, -0.2) is 0 Å². The summed E-state index contributed by atoms with van der Waals surface area (Å²) in [6.45, 7) is 11.3. The van der Waals surface area contributed by atoms with Crippen LogP contribution < -0.4 is 5.73 Å². The lowest BCUT2D eigenvalue weighted by molar-refractivity contribution is 0.347. The van der Waals surface area contributed by atoms with E-state index >= 15 is 0 Å². The van der Waals surface area contributed by atoms with Crippen molar-refractivity contribution in [2.45, 2.75) is 66.3 Å². The molecule has 1 unspecified atom stereocenters. The zero-order valence-electron chi connectivity index (χ0n) is 10.1. The molecule has 0 fully saturated rings. The minimum Gasteiger partial charge on any atom is -0.327 e. The first-order valence-corrected chi connectivity index (χ1v) is 5.58.